The molecule has 0 saturated heterocycles. The number of carbonyl (C=O) groups is 1. The molecule has 0 heterocycles. The van der Waals surface area contributed by atoms with Gasteiger partial charge in [-0.1, -0.05) is 48.0 Å². The third kappa shape index (κ3) is 4.94. The molecule has 0 unspecified atom stereocenters. The number of rotatable bonds is 5. The van der Waals surface area contributed by atoms with Crippen LogP contribution in [-0.4, -0.2) is 39.0 Å². The fraction of sp³-hybridized carbons (Fsp3) is 0.115. The van der Waals surface area contributed by atoms with Crippen molar-refractivity contribution in [3.05, 3.63) is 83.4 Å². The van der Waals surface area contributed by atoms with Gasteiger partial charge in [-0.05, 0) is 52.9 Å². The van der Waals surface area contributed by atoms with E-state index in [4.69, 9.17) is 11.6 Å². The zero-order valence-electron chi connectivity index (χ0n) is 19.5. The van der Waals surface area contributed by atoms with E-state index in [0.717, 1.165) is 17.3 Å². The van der Waals surface area contributed by atoms with Gasteiger partial charge in [-0.2, -0.15) is 13.2 Å². The molecule has 37 heavy (non-hydrogen) atoms. The molecule has 1 amide bonds. The molecule has 0 radical (unpaired) electrons. The Morgan fingerprint density at radius 2 is 1.57 bits per heavy atom. The van der Waals surface area contributed by atoms with Gasteiger partial charge in [0.25, 0.3) is 15.7 Å². The quantitative estimate of drug-likeness (QED) is 0.298. The Bertz CT molecular complexity index is 1620. The summed E-state index contributed by atoms with van der Waals surface area (Å²) in [6, 6.07) is 18.3. The number of phenols is 1. The number of anilines is 2. The highest BCUT2D eigenvalue weighted by atomic mass is 35.5. The van der Waals surface area contributed by atoms with Gasteiger partial charge in [0, 0.05) is 25.2 Å². The van der Waals surface area contributed by atoms with E-state index in [9.17, 15) is 31.5 Å². The van der Waals surface area contributed by atoms with Crippen molar-refractivity contribution in [2.45, 2.75) is 10.4 Å². The molecule has 0 aliphatic carbocycles. The van der Waals surface area contributed by atoms with Gasteiger partial charge < -0.3 is 15.3 Å². The van der Waals surface area contributed by atoms with Gasteiger partial charge in [-0.25, -0.2) is 8.42 Å². The van der Waals surface area contributed by atoms with Crippen LogP contribution in [0.4, 0.5) is 24.5 Å². The van der Waals surface area contributed by atoms with Crippen LogP contribution in [0.1, 0.15) is 10.4 Å². The molecule has 11 heteroatoms. The topological polar surface area (TPSA) is 86.7 Å². The van der Waals surface area contributed by atoms with E-state index in [2.05, 4.69) is 5.32 Å². The monoisotopic (exact) mass is 548 g/mol. The number of amides is 1. The fourth-order valence-electron chi connectivity index (χ4n) is 3.80. The maximum atomic E-state index is 13.2. The molecule has 0 atom stereocenters. The molecule has 0 spiro atoms. The molecule has 0 saturated carbocycles. The maximum absolute atomic E-state index is 13.2. The Morgan fingerprint density at radius 1 is 0.946 bits per heavy atom. The van der Waals surface area contributed by atoms with Crippen LogP contribution in [0.3, 0.4) is 0 Å². The summed E-state index contributed by atoms with van der Waals surface area (Å²) in [4.78, 5) is 14.0. The number of nitrogens with one attached hydrogen (secondary N) is 1. The van der Waals surface area contributed by atoms with E-state index in [1.54, 1.807) is 18.2 Å². The molecule has 4 rings (SSSR count). The molecule has 192 valence electrons. The van der Waals surface area contributed by atoms with Crippen LogP contribution in [0.2, 0.25) is 5.02 Å². The maximum Gasteiger partial charge on any atom is 0.501 e. The number of alkyl halides is 3. The van der Waals surface area contributed by atoms with Crippen LogP contribution >= 0.6 is 11.6 Å². The standard InChI is InChI=1S/C26H20ClF3N2O4S/c1-32(2)16-9-7-15(8-10-16)20-14-21(24(33)19-6-4-3-5-18(19)20)25(34)31-23-12-11-17(13-22(23)27)37(35,36)26(28,29)30/h3-14,33H,1-2H3,(H,31,34). The van der Waals surface area contributed by atoms with Crippen molar-refractivity contribution in [1.29, 1.82) is 0 Å². The Balaban J connectivity index is 1.75. The largest absolute Gasteiger partial charge is 0.506 e. The van der Waals surface area contributed by atoms with Gasteiger partial charge in [0.1, 0.15) is 5.75 Å². The van der Waals surface area contributed by atoms with Crippen LogP contribution in [0.5, 0.6) is 5.75 Å². The van der Waals surface area contributed by atoms with Crippen molar-refractivity contribution < 1.29 is 31.5 Å². The first-order valence-electron chi connectivity index (χ1n) is 10.8. The highest BCUT2D eigenvalue weighted by Crippen LogP contribution is 2.39. The van der Waals surface area contributed by atoms with Crippen molar-refractivity contribution in [1.82, 2.24) is 0 Å². The minimum Gasteiger partial charge on any atom is -0.506 e. The molecule has 0 aliphatic rings. The summed E-state index contributed by atoms with van der Waals surface area (Å²) in [7, 11) is -1.80. The van der Waals surface area contributed by atoms with Crippen LogP contribution in [0, 0.1) is 0 Å². The molecular weight excluding hydrogens is 529 g/mol. The van der Waals surface area contributed by atoms with Crippen molar-refractivity contribution >= 4 is 49.5 Å². The summed E-state index contributed by atoms with van der Waals surface area (Å²) < 4.78 is 61.9. The van der Waals surface area contributed by atoms with E-state index in [1.807, 2.05) is 49.3 Å². The fourth-order valence-corrected chi connectivity index (χ4v) is 4.88. The molecule has 6 nitrogen and oxygen atoms in total. The number of sulfone groups is 1. The molecule has 4 aromatic carbocycles. The third-order valence-corrected chi connectivity index (χ3v) is 7.56. The van der Waals surface area contributed by atoms with Gasteiger partial charge in [-0.15, -0.1) is 0 Å². The zero-order chi connectivity index (χ0) is 27.1. The number of carbonyl (C=O) groups excluding carboxylic acids is 1. The van der Waals surface area contributed by atoms with Crippen LogP contribution in [0.15, 0.2) is 77.7 Å². The molecule has 0 bridgehead atoms. The minimum absolute atomic E-state index is 0.103. The minimum atomic E-state index is -5.61. The smallest absolute Gasteiger partial charge is 0.501 e. The van der Waals surface area contributed by atoms with E-state index in [0.29, 0.717) is 28.5 Å². The predicted molar refractivity (Wildman–Crippen MR) is 138 cm³/mol. The van der Waals surface area contributed by atoms with E-state index < -0.39 is 31.2 Å². The summed E-state index contributed by atoms with van der Waals surface area (Å²) in [5, 5.41) is 14.0. The summed E-state index contributed by atoms with van der Waals surface area (Å²) in [5.74, 6) is -1.09. The van der Waals surface area contributed by atoms with Gasteiger partial charge in [0.2, 0.25) is 0 Å². The summed E-state index contributed by atoms with van der Waals surface area (Å²) in [5.41, 5.74) is -3.31. The van der Waals surface area contributed by atoms with Gasteiger partial charge in [-0.3, -0.25) is 4.79 Å². The normalized spacial score (nSPS) is 11.9. The zero-order valence-corrected chi connectivity index (χ0v) is 21.0. The highest BCUT2D eigenvalue weighted by Gasteiger charge is 2.47. The molecule has 0 fully saturated rings. The number of nitrogens with zero attached hydrogens (tertiary/aromatic N) is 1. The van der Waals surface area contributed by atoms with Gasteiger partial charge >= 0.3 is 5.51 Å². The molecule has 2 N–H and O–H groups in total. The molecule has 0 aliphatic heterocycles. The number of hydrogen-bond acceptors (Lipinski definition) is 5. The van der Waals surface area contributed by atoms with Crippen LogP contribution < -0.4 is 10.2 Å². The number of phenolic OH excluding ortho intramolecular Hbond substituents is 1. The first-order valence-corrected chi connectivity index (χ1v) is 12.6. The first-order chi connectivity index (χ1) is 17.3. The SMILES string of the molecule is CN(C)c1ccc(-c2cc(C(=O)Nc3ccc(S(=O)(=O)C(F)(F)F)cc3Cl)c(O)c3ccccc23)cc1. The lowest BCUT2D eigenvalue weighted by Crippen LogP contribution is -2.23. The molecular formula is C26H20ClF3N2O4S. The average Bonchev–Trinajstić information content (AvgIpc) is 2.85. The highest BCUT2D eigenvalue weighted by molar-refractivity contribution is 7.92. The van der Waals surface area contributed by atoms with Gasteiger partial charge in [0.15, 0.2) is 0 Å². The molecule has 4 aromatic rings. The Kier molecular flexibility index (Phi) is 6.83. The lowest BCUT2D eigenvalue weighted by Gasteiger charge is -2.16. The second-order valence-electron chi connectivity index (χ2n) is 8.35. The second-order valence-corrected chi connectivity index (χ2v) is 10.7. The Labute approximate surface area is 215 Å². The predicted octanol–water partition coefficient (Wildman–Crippen LogP) is 6.48. The number of halogens is 4. The summed E-state index contributed by atoms with van der Waals surface area (Å²) >= 11 is 6.01. The first kappa shape index (κ1) is 26.3. The van der Waals surface area contributed by atoms with Crippen molar-refractivity contribution in [3.8, 4) is 16.9 Å². The number of aromatic hydroxyl groups is 1. The summed E-state index contributed by atoms with van der Waals surface area (Å²) in [6.07, 6.45) is 0. The van der Waals surface area contributed by atoms with E-state index in [-0.39, 0.29) is 17.0 Å². The van der Waals surface area contributed by atoms with Crippen molar-refractivity contribution in [2.75, 3.05) is 24.3 Å². The van der Waals surface area contributed by atoms with E-state index >= 15 is 0 Å². The van der Waals surface area contributed by atoms with E-state index in [1.165, 1.54) is 6.07 Å². The Hall–Kier alpha value is -3.76. The number of benzene rings is 4. The number of hydrogen-bond donors (Lipinski definition) is 2. The summed E-state index contributed by atoms with van der Waals surface area (Å²) in [6.45, 7) is 0. The van der Waals surface area contributed by atoms with Crippen LogP contribution in [-0.2, 0) is 9.84 Å². The Morgan fingerprint density at radius 3 is 2.14 bits per heavy atom. The van der Waals surface area contributed by atoms with Crippen molar-refractivity contribution in [2.24, 2.45) is 0 Å². The number of fused-ring (bicyclic) bond motifs is 1. The van der Waals surface area contributed by atoms with Crippen molar-refractivity contribution in [3.63, 3.8) is 0 Å². The van der Waals surface area contributed by atoms with Crippen LogP contribution in [0.25, 0.3) is 21.9 Å². The molecule has 0 aromatic heterocycles. The lowest BCUT2D eigenvalue weighted by molar-refractivity contribution is -0.0436. The second kappa shape index (κ2) is 9.60. The lowest BCUT2D eigenvalue weighted by atomic mass is 9.94. The average molecular weight is 549 g/mol. The third-order valence-electron chi connectivity index (χ3n) is 5.76. The van der Waals surface area contributed by atoms with Gasteiger partial charge in [0.05, 0.1) is 21.2 Å².